The minimum atomic E-state index is -1.28. The van der Waals surface area contributed by atoms with Crippen LogP contribution in [0.2, 0.25) is 0 Å². The fourth-order valence-corrected chi connectivity index (χ4v) is 1.19. The normalized spacial score (nSPS) is 33.0. The molecule has 1 N–H and O–H groups in total. The molecular formula is C7H12FNO. The average Bonchev–Trinajstić information content (AvgIpc) is 2.14. The van der Waals surface area contributed by atoms with Crippen LogP contribution in [-0.4, -0.2) is 18.6 Å². The topological polar surface area (TPSA) is 29.1 Å². The number of alkyl halides is 1. The first kappa shape index (κ1) is 7.51. The standard InChI is InChI=1S/C7H12FNO/c1-4(2)5-3-9-7(10)6(5)8/h4-6H,3H2,1-2H3,(H,9,10). The van der Waals surface area contributed by atoms with Crippen LogP contribution in [0.4, 0.5) is 4.39 Å². The van der Waals surface area contributed by atoms with Crippen molar-refractivity contribution in [2.45, 2.75) is 20.0 Å². The van der Waals surface area contributed by atoms with E-state index < -0.39 is 12.1 Å². The molecule has 2 unspecified atom stereocenters. The van der Waals surface area contributed by atoms with E-state index in [4.69, 9.17) is 0 Å². The van der Waals surface area contributed by atoms with Gasteiger partial charge in [0.15, 0.2) is 6.17 Å². The lowest BCUT2D eigenvalue weighted by Crippen LogP contribution is -2.22. The van der Waals surface area contributed by atoms with Crippen LogP contribution in [0.3, 0.4) is 0 Å². The number of halogens is 1. The molecule has 1 amide bonds. The van der Waals surface area contributed by atoms with Crippen LogP contribution in [0.5, 0.6) is 0 Å². The number of nitrogens with one attached hydrogen (secondary N) is 1. The molecule has 0 aromatic rings. The highest BCUT2D eigenvalue weighted by Gasteiger charge is 2.36. The Hall–Kier alpha value is -0.600. The van der Waals surface area contributed by atoms with Crippen molar-refractivity contribution in [3.05, 3.63) is 0 Å². The van der Waals surface area contributed by atoms with Gasteiger partial charge < -0.3 is 5.32 Å². The minimum absolute atomic E-state index is 0.118. The van der Waals surface area contributed by atoms with Crippen molar-refractivity contribution >= 4 is 5.91 Å². The van der Waals surface area contributed by atoms with Crippen LogP contribution < -0.4 is 5.32 Å². The maximum absolute atomic E-state index is 12.8. The van der Waals surface area contributed by atoms with E-state index in [-0.39, 0.29) is 11.8 Å². The smallest absolute Gasteiger partial charge is 0.254 e. The SMILES string of the molecule is CC(C)C1CNC(=O)C1F. The predicted octanol–water partition coefficient (Wildman–Crippen LogP) is 0.726. The van der Waals surface area contributed by atoms with E-state index in [1.165, 1.54) is 0 Å². The van der Waals surface area contributed by atoms with Crippen LogP contribution >= 0.6 is 0 Å². The van der Waals surface area contributed by atoms with Crippen LogP contribution in [0.1, 0.15) is 13.8 Å². The molecule has 2 atom stereocenters. The van der Waals surface area contributed by atoms with Crippen molar-refractivity contribution in [1.29, 1.82) is 0 Å². The zero-order valence-electron chi connectivity index (χ0n) is 6.23. The third-order valence-electron chi connectivity index (χ3n) is 1.99. The first-order valence-electron chi connectivity index (χ1n) is 3.54. The van der Waals surface area contributed by atoms with Gasteiger partial charge in [-0.25, -0.2) is 4.39 Å². The fourth-order valence-electron chi connectivity index (χ4n) is 1.19. The molecule has 1 saturated heterocycles. The summed E-state index contributed by atoms with van der Waals surface area (Å²) in [7, 11) is 0. The second kappa shape index (κ2) is 2.56. The molecule has 0 aromatic carbocycles. The molecule has 1 rings (SSSR count). The van der Waals surface area contributed by atoms with E-state index in [9.17, 15) is 9.18 Å². The summed E-state index contributed by atoms with van der Waals surface area (Å²) in [5.74, 6) is -0.319. The van der Waals surface area contributed by atoms with Crippen LogP contribution in [0.15, 0.2) is 0 Å². The summed E-state index contributed by atoms with van der Waals surface area (Å²) in [6, 6.07) is 0. The van der Waals surface area contributed by atoms with E-state index in [0.29, 0.717) is 6.54 Å². The lowest BCUT2D eigenvalue weighted by Gasteiger charge is -2.12. The zero-order chi connectivity index (χ0) is 7.72. The molecule has 0 saturated carbocycles. The highest BCUT2D eigenvalue weighted by atomic mass is 19.1. The second-order valence-electron chi connectivity index (χ2n) is 3.05. The summed E-state index contributed by atoms with van der Waals surface area (Å²) in [6.07, 6.45) is -1.28. The summed E-state index contributed by atoms with van der Waals surface area (Å²) >= 11 is 0. The molecular weight excluding hydrogens is 133 g/mol. The van der Waals surface area contributed by atoms with Gasteiger partial charge in [0, 0.05) is 12.5 Å². The largest absolute Gasteiger partial charge is 0.353 e. The Morgan fingerprint density at radius 2 is 2.30 bits per heavy atom. The first-order chi connectivity index (χ1) is 4.63. The number of hydrogen-bond donors (Lipinski definition) is 1. The van der Waals surface area contributed by atoms with Crippen molar-refractivity contribution in [2.24, 2.45) is 11.8 Å². The van der Waals surface area contributed by atoms with Crippen LogP contribution in [0.25, 0.3) is 0 Å². The molecule has 1 heterocycles. The molecule has 1 fully saturated rings. The number of carbonyl (C=O) groups excluding carboxylic acids is 1. The molecule has 1 aliphatic heterocycles. The molecule has 0 radical (unpaired) electrons. The molecule has 1 aliphatic rings. The Labute approximate surface area is 59.8 Å². The van der Waals surface area contributed by atoms with Crippen molar-refractivity contribution in [2.75, 3.05) is 6.54 Å². The Morgan fingerprint density at radius 3 is 2.50 bits per heavy atom. The lowest BCUT2D eigenvalue weighted by molar-refractivity contribution is -0.124. The van der Waals surface area contributed by atoms with E-state index in [1.54, 1.807) is 0 Å². The van der Waals surface area contributed by atoms with Gasteiger partial charge in [-0.3, -0.25) is 4.79 Å². The molecule has 0 spiro atoms. The van der Waals surface area contributed by atoms with Gasteiger partial charge in [-0.1, -0.05) is 13.8 Å². The lowest BCUT2D eigenvalue weighted by atomic mass is 9.94. The van der Waals surface area contributed by atoms with Gasteiger partial charge in [-0.15, -0.1) is 0 Å². The summed E-state index contributed by atoms with van der Waals surface area (Å²) in [4.78, 5) is 10.6. The first-order valence-corrected chi connectivity index (χ1v) is 3.54. The van der Waals surface area contributed by atoms with E-state index in [1.807, 2.05) is 13.8 Å². The summed E-state index contributed by atoms with van der Waals surface area (Å²) in [6.45, 7) is 4.35. The van der Waals surface area contributed by atoms with E-state index in [2.05, 4.69) is 5.32 Å². The molecule has 0 bridgehead atoms. The highest BCUT2D eigenvalue weighted by Crippen LogP contribution is 2.21. The minimum Gasteiger partial charge on any atom is -0.353 e. The highest BCUT2D eigenvalue weighted by molar-refractivity contribution is 5.83. The monoisotopic (exact) mass is 145 g/mol. The van der Waals surface area contributed by atoms with Crippen molar-refractivity contribution < 1.29 is 9.18 Å². The van der Waals surface area contributed by atoms with Crippen LogP contribution in [-0.2, 0) is 4.79 Å². The van der Waals surface area contributed by atoms with Crippen molar-refractivity contribution in [3.8, 4) is 0 Å². The van der Waals surface area contributed by atoms with Crippen molar-refractivity contribution in [1.82, 2.24) is 5.32 Å². The van der Waals surface area contributed by atoms with E-state index >= 15 is 0 Å². The Balaban J connectivity index is 2.57. The number of amides is 1. The maximum atomic E-state index is 12.8. The van der Waals surface area contributed by atoms with Gasteiger partial charge in [0.05, 0.1) is 0 Å². The second-order valence-corrected chi connectivity index (χ2v) is 3.05. The molecule has 3 heteroatoms. The molecule has 0 aliphatic carbocycles. The van der Waals surface area contributed by atoms with Gasteiger partial charge in [0.25, 0.3) is 5.91 Å². The molecule has 2 nitrogen and oxygen atoms in total. The predicted molar refractivity (Wildman–Crippen MR) is 36.2 cm³/mol. The van der Waals surface area contributed by atoms with Gasteiger partial charge in [0.1, 0.15) is 0 Å². The van der Waals surface area contributed by atoms with E-state index in [0.717, 1.165) is 0 Å². The summed E-state index contributed by atoms with van der Waals surface area (Å²) < 4.78 is 12.8. The van der Waals surface area contributed by atoms with Gasteiger partial charge in [-0.2, -0.15) is 0 Å². The molecule has 10 heavy (non-hydrogen) atoms. The third-order valence-corrected chi connectivity index (χ3v) is 1.99. The average molecular weight is 145 g/mol. The van der Waals surface area contributed by atoms with Gasteiger partial charge >= 0.3 is 0 Å². The number of carbonyl (C=O) groups is 1. The summed E-state index contributed by atoms with van der Waals surface area (Å²) in [5.41, 5.74) is 0. The zero-order valence-corrected chi connectivity index (χ0v) is 6.23. The Kier molecular flexibility index (Phi) is 1.92. The Bertz CT molecular complexity index is 147. The Morgan fingerprint density at radius 1 is 1.70 bits per heavy atom. The fraction of sp³-hybridized carbons (Fsp3) is 0.857. The quantitative estimate of drug-likeness (QED) is 0.579. The van der Waals surface area contributed by atoms with Gasteiger partial charge in [-0.05, 0) is 5.92 Å². The number of rotatable bonds is 1. The molecule has 58 valence electrons. The summed E-state index contributed by atoms with van der Waals surface area (Å²) in [5, 5.41) is 2.49. The maximum Gasteiger partial charge on any atom is 0.254 e. The number of hydrogen-bond acceptors (Lipinski definition) is 1. The third kappa shape index (κ3) is 1.13. The molecule has 0 aromatic heterocycles. The van der Waals surface area contributed by atoms with Crippen molar-refractivity contribution in [3.63, 3.8) is 0 Å². The van der Waals surface area contributed by atoms with Crippen LogP contribution in [0, 0.1) is 11.8 Å². The van der Waals surface area contributed by atoms with Gasteiger partial charge in [0.2, 0.25) is 0 Å².